The molecule has 4 aliphatic rings. The van der Waals surface area contributed by atoms with Crippen molar-refractivity contribution in [2.75, 3.05) is 0 Å². The van der Waals surface area contributed by atoms with Crippen LogP contribution in [0.5, 0.6) is 0 Å². The molecule has 1 N–H and O–H groups in total. The van der Waals surface area contributed by atoms with Gasteiger partial charge in [-0.1, -0.05) is 25.2 Å². The lowest BCUT2D eigenvalue weighted by Gasteiger charge is -2.63. The van der Waals surface area contributed by atoms with Gasteiger partial charge in [0.25, 0.3) is 0 Å². The zero-order valence-electron chi connectivity index (χ0n) is 19.7. The van der Waals surface area contributed by atoms with E-state index in [-0.39, 0.29) is 6.42 Å². The Hall–Kier alpha value is -2.23. The van der Waals surface area contributed by atoms with Crippen molar-refractivity contribution in [3.8, 4) is 0 Å². The average Bonchev–Trinajstić information content (AvgIpc) is 2.96. The summed E-state index contributed by atoms with van der Waals surface area (Å²) < 4.78 is 23.7. The van der Waals surface area contributed by atoms with Crippen LogP contribution in [0.1, 0.15) is 41.0 Å². The predicted octanol–water partition coefficient (Wildman–Crippen LogP) is 1.63. The van der Waals surface area contributed by atoms with E-state index in [1.54, 1.807) is 19.9 Å². The van der Waals surface area contributed by atoms with Crippen molar-refractivity contribution in [1.29, 1.82) is 0 Å². The number of alkyl halides is 1. The van der Waals surface area contributed by atoms with Crippen molar-refractivity contribution in [2.24, 2.45) is 17.3 Å². The van der Waals surface area contributed by atoms with Gasteiger partial charge in [-0.25, -0.2) is 0 Å². The quantitative estimate of drug-likeness (QED) is 0.263. The van der Waals surface area contributed by atoms with Crippen LogP contribution in [0.4, 0.5) is 0 Å². The van der Waals surface area contributed by atoms with E-state index in [0.29, 0.717) is 5.57 Å². The summed E-state index contributed by atoms with van der Waals surface area (Å²) in [4.78, 5) is 50.7. The lowest BCUT2D eigenvalue weighted by molar-refractivity contribution is -0.318. The fraction of sp³-hybridized carbons (Fsp3) is 0.667. The number of ether oxygens (including phenoxy) is 4. The average molecular weight is 497 g/mol. The maximum absolute atomic E-state index is 13.2. The zero-order chi connectivity index (χ0) is 25.4. The summed E-state index contributed by atoms with van der Waals surface area (Å²) in [5, 5.41) is 10.3. The molecule has 10 atom stereocenters. The molecule has 3 fully saturated rings. The van der Waals surface area contributed by atoms with Crippen LogP contribution in [0.15, 0.2) is 24.3 Å². The molecule has 186 valence electrons. The van der Waals surface area contributed by atoms with Crippen molar-refractivity contribution in [2.45, 2.75) is 82.0 Å². The first kappa shape index (κ1) is 24.9. The lowest BCUT2D eigenvalue weighted by atomic mass is 9.52. The molecule has 2 bridgehead atoms. The van der Waals surface area contributed by atoms with Gasteiger partial charge in [0.2, 0.25) is 0 Å². The Labute approximate surface area is 202 Å². The molecule has 3 heterocycles. The second kappa shape index (κ2) is 7.90. The minimum atomic E-state index is -1.79. The van der Waals surface area contributed by atoms with Gasteiger partial charge in [0, 0.05) is 19.3 Å². The van der Waals surface area contributed by atoms with Crippen LogP contribution >= 0.6 is 11.6 Å². The molecule has 3 saturated heterocycles. The van der Waals surface area contributed by atoms with Crippen LogP contribution in [0.25, 0.3) is 0 Å². The number of rotatable bonds is 2. The number of hydrogen-bond acceptors (Lipinski definition) is 9. The molecule has 0 unspecified atom stereocenters. The molecule has 34 heavy (non-hydrogen) atoms. The molecule has 10 heteroatoms. The van der Waals surface area contributed by atoms with E-state index in [4.69, 9.17) is 30.5 Å². The van der Waals surface area contributed by atoms with Gasteiger partial charge in [-0.15, -0.1) is 11.6 Å². The Bertz CT molecular complexity index is 1010. The van der Waals surface area contributed by atoms with Gasteiger partial charge in [-0.05, 0) is 26.3 Å². The van der Waals surface area contributed by atoms with Crippen LogP contribution in [-0.2, 0) is 38.1 Å². The summed E-state index contributed by atoms with van der Waals surface area (Å²) in [5.74, 6) is -4.60. The fourth-order valence-corrected chi connectivity index (χ4v) is 6.73. The molecule has 9 nitrogen and oxygen atoms in total. The van der Waals surface area contributed by atoms with Gasteiger partial charge < -0.3 is 24.1 Å². The number of aliphatic hydroxyl groups is 1. The van der Waals surface area contributed by atoms with E-state index in [2.05, 4.69) is 6.58 Å². The fourth-order valence-electron chi connectivity index (χ4n) is 6.39. The minimum absolute atomic E-state index is 0.0456. The highest BCUT2D eigenvalue weighted by Crippen LogP contribution is 2.61. The number of fused-ring (bicyclic) bond motifs is 3. The van der Waals surface area contributed by atoms with Crippen molar-refractivity contribution in [3.63, 3.8) is 0 Å². The highest BCUT2D eigenvalue weighted by molar-refractivity contribution is 6.23. The number of hydrogen-bond donors (Lipinski definition) is 1. The summed E-state index contributed by atoms with van der Waals surface area (Å²) in [6.45, 7) is 11.1. The Morgan fingerprint density at radius 2 is 1.85 bits per heavy atom. The van der Waals surface area contributed by atoms with Crippen molar-refractivity contribution in [1.82, 2.24) is 0 Å². The van der Waals surface area contributed by atoms with Gasteiger partial charge in [0.1, 0.15) is 6.10 Å². The Balaban J connectivity index is 2.06. The van der Waals surface area contributed by atoms with Crippen LogP contribution in [0.2, 0.25) is 0 Å². The van der Waals surface area contributed by atoms with Crippen molar-refractivity contribution in [3.05, 3.63) is 24.3 Å². The number of carbonyl (C=O) groups is 4. The van der Waals surface area contributed by atoms with Crippen LogP contribution in [-0.4, -0.2) is 69.8 Å². The second-order valence-corrected chi connectivity index (χ2v) is 10.5. The predicted molar refractivity (Wildman–Crippen MR) is 118 cm³/mol. The summed E-state index contributed by atoms with van der Waals surface area (Å²) in [6.07, 6.45) is -1.64. The summed E-state index contributed by atoms with van der Waals surface area (Å²) >= 11 is 6.70. The standard InChI is InChI=1S/C24H29ClO9/c1-10-9-14(28)18-22(5)8-7-15(29)23(6,33-13(4)27)17(22)20(31-12(3)26)24(34-18)11(2)21(30)32-19(24)16(10)25/h7-8,11,14,16-20,28H,1,9H2,2-6H3/t11-,14+,16-,17+,18+,19-,20+,22-,23+,24-/m0/s1. The molecule has 1 spiro atoms. The smallest absolute Gasteiger partial charge is 0.312 e. The van der Waals surface area contributed by atoms with Crippen LogP contribution in [0.3, 0.4) is 0 Å². The molecule has 0 aromatic rings. The highest BCUT2D eigenvalue weighted by atomic mass is 35.5. The molecule has 3 aliphatic heterocycles. The normalized spacial score (nSPS) is 47.6. The van der Waals surface area contributed by atoms with Gasteiger partial charge in [-0.2, -0.15) is 0 Å². The lowest BCUT2D eigenvalue weighted by Crippen LogP contribution is -2.77. The Kier molecular flexibility index (Phi) is 5.78. The van der Waals surface area contributed by atoms with Crippen molar-refractivity contribution >= 4 is 35.3 Å². The van der Waals surface area contributed by atoms with Crippen LogP contribution in [0, 0.1) is 17.3 Å². The maximum atomic E-state index is 13.2. The molecule has 0 amide bonds. The van der Waals surface area contributed by atoms with E-state index in [1.165, 1.54) is 26.8 Å². The van der Waals surface area contributed by atoms with E-state index in [0.717, 1.165) is 0 Å². The summed E-state index contributed by atoms with van der Waals surface area (Å²) in [6, 6.07) is 0. The Morgan fingerprint density at radius 1 is 1.21 bits per heavy atom. The van der Waals surface area contributed by atoms with E-state index in [9.17, 15) is 24.3 Å². The molecule has 4 rings (SSSR count). The highest BCUT2D eigenvalue weighted by Gasteiger charge is 2.77. The summed E-state index contributed by atoms with van der Waals surface area (Å²) in [7, 11) is 0. The molecule has 0 aromatic heterocycles. The first-order chi connectivity index (χ1) is 15.7. The number of aliphatic hydroxyl groups excluding tert-OH is 1. The first-order valence-corrected chi connectivity index (χ1v) is 11.6. The Morgan fingerprint density at radius 3 is 2.44 bits per heavy atom. The van der Waals surface area contributed by atoms with Crippen molar-refractivity contribution < 1.29 is 43.2 Å². The SMILES string of the molecule is C=C1C[C@@H](O)[C@H]2O[C@@]3([C@H](OC(C)=O)[C@@H]4[C@]2(C)C=CC(=O)[C@@]4(C)OC(C)=O)[C@@H](C)C(=O)O[C@H]3[C@H]1Cl. The third kappa shape index (κ3) is 3.20. The number of esters is 3. The first-order valence-electron chi connectivity index (χ1n) is 11.2. The summed E-state index contributed by atoms with van der Waals surface area (Å²) in [5.41, 5.74) is -4.20. The van der Waals surface area contributed by atoms with E-state index in [1.807, 2.05) is 0 Å². The molecular formula is C24H29ClO9. The zero-order valence-corrected chi connectivity index (χ0v) is 20.5. The van der Waals surface area contributed by atoms with Gasteiger partial charge in [0.05, 0.1) is 29.4 Å². The topological polar surface area (TPSA) is 125 Å². The van der Waals surface area contributed by atoms with Gasteiger partial charge in [-0.3, -0.25) is 19.2 Å². The number of ketones is 1. The minimum Gasteiger partial charge on any atom is -0.459 e. The van der Waals surface area contributed by atoms with Gasteiger partial charge >= 0.3 is 17.9 Å². The third-order valence-corrected chi connectivity index (χ3v) is 8.42. The third-order valence-electron chi connectivity index (χ3n) is 7.88. The molecular weight excluding hydrogens is 468 g/mol. The second-order valence-electron chi connectivity index (χ2n) is 10.1. The molecule has 0 aromatic carbocycles. The van der Waals surface area contributed by atoms with E-state index >= 15 is 0 Å². The van der Waals surface area contributed by atoms with Gasteiger partial charge in [0.15, 0.2) is 23.1 Å². The molecule has 0 radical (unpaired) electrons. The largest absolute Gasteiger partial charge is 0.459 e. The molecule has 0 saturated carbocycles. The monoisotopic (exact) mass is 496 g/mol. The molecule has 1 aliphatic carbocycles. The van der Waals surface area contributed by atoms with Crippen LogP contribution < -0.4 is 0 Å². The maximum Gasteiger partial charge on any atom is 0.312 e. The van der Waals surface area contributed by atoms with E-state index < -0.39 is 81.9 Å². The number of carbonyl (C=O) groups excluding carboxylic acids is 4. The number of halogens is 1.